The van der Waals surface area contributed by atoms with Crippen LogP contribution in [0.3, 0.4) is 0 Å². The largest absolute Gasteiger partial charge is 0.491 e. The van der Waals surface area contributed by atoms with Gasteiger partial charge in [0.25, 0.3) is 0 Å². The quantitative estimate of drug-likeness (QED) is 0.881. The molecule has 2 aromatic rings. The van der Waals surface area contributed by atoms with Gasteiger partial charge in [0.05, 0.1) is 6.10 Å². The SMILES string of the molecule is O=C(SCC(O)COc1ccc(Cl)cc1)c1ccccc1. The van der Waals surface area contributed by atoms with Crippen molar-refractivity contribution in [2.24, 2.45) is 0 Å². The lowest BCUT2D eigenvalue weighted by Crippen LogP contribution is -2.21. The zero-order chi connectivity index (χ0) is 15.1. The van der Waals surface area contributed by atoms with E-state index in [-0.39, 0.29) is 11.7 Å². The first-order valence-corrected chi connectivity index (χ1v) is 7.80. The molecule has 1 N–H and O–H groups in total. The number of hydrogen-bond acceptors (Lipinski definition) is 4. The van der Waals surface area contributed by atoms with Gasteiger partial charge in [-0.2, -0.15) is 0 Å². The molecule has 0 aliphatic carbocycles. The molecule has 0 aliphatic heterocycles. The highest BCUT2D eigenvalue weighted by molar-refractivity contribution is 8.14. The van der Waals surface area contributed by atoms with Gasteiger partial charge in [0, 0.05) is 16.3 Å². The van der Waals surface area contributed by atoms with Gasteiger partial charge < -0.3 is 9.84 Å². The summed E-state index contributed by atoms with van der Waals surface area (Å²) < 4.78 is 5.43. The first-order valence-electron chi connectivity index (χ1n) is 6.44. The zero-order valence-electron chi connectivity index (χ0n) is 11.2. The summed E-state index contributed by atoms with van der Waals surface area (Å²) in [5.41, 5.74) is 0.633. The minimum absolute atomic E-state index is 0.0545. The van der Waals surface area contributed by atoms with Crippen LogP contribution in [-0.4, -0.2) is 28.7 Å². The number of halogens is 1. The lowest BCUT2D eigenvalue weighted by atomic mass is 10.2. The molecule has 0 aliphatic rings. The summed E-state index contributed by atoms with van der Waals surface area (Å²) in [6.45, 7) is 0.136. The van der Waals surface area contributed by atoms with E-state index in [0.717, 1.165) is 11.8 Å². The fraction of sp³-hybridized carbons (Fsp3) is 0.188. The van der Waals surface area contributed by atoms with Gasteiger partial charge in [0.1, 0.15) is 12.4 Å². The van der Waals surface area contributed by atoms with Crippen molar-refractivity contribution in [3.8, 4) is 5.75 Å². The average molecular weight is 323 g/mol. The molecule has 0 fully saturated rings. The van der Waals surface area contributed by atoms with E-state index < -0.39 is 6.10 Å². The summed E-state index contributed by atoms with van der Waals surface area (Å²) in [5, 5.41) is 10.4. The molecule has 0 spiro atoms. The maximum atomic E-state index is 11.9. The molecular formula is C16H15ClO3S. The molecule has 0 radical (unpaired) electrons. The van der Waals surface area contributed by atoms with Gasteiger partial charge >= 0.3 is 0 Å². The molecule has 0 saturated heterocycles. The van der Waals surface area contributed by atoms with Crippen LogP contribution in [0.1, 0.15) is 10.4 Å². The van der Waals surface area contributed by atoms with Crippen LogP contribution >= 0.6 is 23.4 Å². The Balaban J connectivity index is 1.73. The molecule has 0 saturated carbocycles. The average Bonchev–Trinajstić information content (AvgIpc) is 2.53. The molecule has 2 rings (SSSR count). The minimum Gasteiger partial charge on any atom is -0.491 e. The predicted octanol–water partition coefficient (Wildman–Crippen LogP) is 3.65. The Bertz CT molecular complexity index is 572. The van der Waals surface area contributed by atoms with E-state index in [2.05, 4.69) is 0 Å². The standard InChI is InChI=1S/C16H15ClO3S/c17-13-6-8-15(9-7-13)20-10-14(18)11-21-16(19)12-4-2-1-3-5-12/h1-9,14,18H,10-11H2. The van der Waals surface area contributed by atoms with Gasteiger partial charge in [-0.15, -0.1) is 0 Å². The minimum atomic E-state index is -0.710. The molecule has 0 bridgehead atoms. The number of rotatable bonds is 6. The third-order valence-corrected chi connectivity index (χ3v) is 3.97. The zero-order valence-corrected chi connectivity index (χ0v) is 12.8. The fourth-order valence-corrected chi connectivity index (χ4v) is 2.47. The predicted molar refractivity (Wildman–Crippen MR) is 86.2 cm³/mol. The highest BCUT2D eigenvalue weighted by Crippen LogP contribution is 2.17. The molecule has 0 aromatic heterocycles. The van der Waals surface area contributed by atoms with E-state index in [1.807, 2.05) is 18.2 Å². The van der Waals surface area contributed by atoms with Crippen LogP contribution in [0.5, 0.6) is 5.75 Å². The van der Waals surface area contributed by atoms with Crippen molar-refractivity contribution in [3.05, 3.63) is 65.2 Å². The second-order valence-corrected chi connectivity index (χ2v) is 5.81. The first kappa shape index (κ1) is 15.9. The normalized spacial score (nSPS) is 11.9. The van der Waals surface area contributed by atoms with Gasteiger partial charge in [-0.1, -0.05) is 53.7 Å². The molecule has 1 atom stereocenters. The van der Waals surface area contributed by atoms with Crippen LogP contribution in [0.4, 0.5) is 0 Å². The Hall–Kier alpha value is -1.49. The number of aliphatic hydroxyl groups excluding tert-OH is 1. The van der Waals surface area contributed by atoms with E-state index in [1.165, 1.54) is 0 Å². The van der Waals surface area contributed by atoms with Gasteiger partial charge in [-0.3, -0.25) is 4.79 Å². The van der Waals surface area contributed by atoms with E-state index >= 15 is 0 Å². The summed E-state index contributed by atoms with van der Waals surface area (Å²) in [6, 6.07) is 15.9. The Labute approximate surface area is 132 Å². The van der Waals surface area contributed by atoms with Crippen LogP contribution in [0.2, 0.25) is 5.02 Å². The van der Waals surface area contributed by atoms with Crippen molar-refractivity contribution in [3.63, 3.8) is 0 Å². The Morgan fingerprint density at radius 2 is 1.81 bits per heavy atom. The molecule has 21 heavy (non-hydrogen) atoms. The number of carbonyl (C=O) groups is 1. The summed E-state index contributed by atoms with van der Waals surface area (Å²) in [5.74, 6) is 0.930. The van der Waals surface area contributed by atoms with E-state index in [4.69, 9.17) is 16.3 Å². The Morgan fingerprint density at radius 3 is 2.48 bits per heavy atom. The van der Waals surface area contributed by atoms with Crippen LogP contribution in [-0.2, 0) is 0 Å². The van der Waals surface area contributed by atoms with Crippen molar-refractivity contribution in [1.29, 1.82) is 0 Å². The lowest BCUT2D eigenvalue weighted by molar-refractivity contribution is 0.108. The summed E-state index contributed by atoms with van der Waals surface area (Å²) in [4.78, 5) is 11.9. The topological polar surface area (TPSA) is 46.5 Å². The second kappa shape index (κ2) is 8.08. The Kier molecular flexibility index (Phi) is 6.11. The fourth-order valence-electron chi connectivity index (χ4n) is 1.60. The number of aliphatic hydroxyl groups is 1. The molecule has 110 valence electrons. The number of benzene rings is 2. The summed E-state index contributed by atoms with van der Waals surface area (Å²) in [6.07, 6.45) is -0.710. The number of carbonyl (C=O) groups excluding carboxylic acids is 1. The molecule has 0 amide bonds. The van der Waals surface area contributed by atoms with Crippen molar-refractivity contribution < 1.29 is 14.6 Å². The number of thioether (sulfide) groups is 1. The van der Waals surface area contributed by atoms with Crippen molar-refractivity contribution in [1.82, 2.24) is 0 Å². The monoisotopic (exact) mass is 322 g/mol. The lowest BCUT2D eigenvalue weighted by Gasteiger charge is -2.11. The van der Waals surface area contributed by atoms with Crippen LogP contribution in [0, 0.1) is 0 Å². The highest BCUT2D eigenvalue weighted by atomic mass is 35.5. The van der Waals surface area contributed by atoms with Gasteiger partial charge in [-0.05, 0) is 24.3 Å². The van der Waals surface area contributed by atoms with Crippen molar-refractivity contribution in [2.75, 3.05) is 12.4 Å². The van der Waals surface area contributed by atoms with Crippen LogP contribution < -0.4 is 4.74 Å². The molecule has 1 unspecified atom stereocenters. The number of hydrogen-bond donors (Lipinski definition) is 1. The van der Waals surface area contributed by atoms with Crippen molar-refractivity contribution >= 4 is 28.5 Å². The number of ether oxygens (including phenoxy) is 1. The maximum Gasteiger partial charge on any atom is 0.219 e. The Morgan fingerprint density at radius 1 is 1.14 bits per heavy atom. The molecular weight excluding hydrogens is 308 g/mol. The molecule has 5 heteroatoms. The summed E-state index contributed by atoms with van der Waals surface area (Å²) >= 11 is 6.86. The second-order valence-electron chi connectivity index (χ2n) is 4.38. The highest BCUT2D eigenvalue weighted by Gasteiger charge is 2.11. The van der Waals surface area contributed by atoms with Crippen LogP contribution in [0.25, 0.3) is 0 Å². The van der Waals surface area contributed by atoms with Crippen molar-refractivity contribution in [2.45, 2.75) is 6.10 Å². The maximum absolute atomic E-state index is 11.9. The third-order valence-electron chi connectivity index (χ3n) is 2.67. The third kappa shape index (κ3) is 5.42. The van der Waals surface area contributed by atoms with Gasteiger partial charge in [0.2, 0.25) is 5.12 Å². The van der Waals surface area contributed by atoms with E-state index in [1.54, 1.807) is 36.4 Å². The van der Waals surface area contributed by atoms with E-state index in [9.17, 15) is 9.90 Å². The molecule has 2 aromatic carbocycles. The first-order chi connectivity index (χ1) is 10.1. The molecule has 0 heterocycles. The molecule has 3 nitrogen and oxygen atoms in total. The smallest absolute Gasteiger partial charge is 0.219 e. The van der Waals surface area contributed by atoms with Gasteiger partial charge in [-0.25, -0.2) is 0 Å². The van der Waals surface area contributed by atoms with Gasteiger partial charge in [0.15, 0.2) is 0 Å². The summed E-state index contributed by atoms with van der Waals surface area (Å²) in [7, 11) is 0. The van der Waals surface area contributed by atoms with E-state index in [0.29, 0.717) is 22.1 Å². The van der Waals surface area contributed by atoms with Crippen LogP contribution in [0.15, 0.2) is 54.6 Å².